The number of para-hydroxylation sites is 1. The van der Waals surface area contributed by atoms with Crippen molar-refractivity contribution >= 4 is 0 Å². The largest absolute Gasteiger partial charge is 0.496 e. The molecule has 0 saturated carbocycles. The van der Waals surface area contributed by atoms with E-state index in [2.05, 4.69) is 0 Å². The number of rotatable bonds is 4. The third-order valence-electron chi connectivity index (χ3n) is 2.08. The molecule has 0 saturated heterocycles. The number of halogens is 2. The highest BCUT2D eigenvalue weighted by molar-refractivity contribution is 5.36. The molecule has 0 spiro atoms. The van der Waals surface area contributed by atoms with Gasteiger partial charge in [0.1, 0.15) is 5.75 Å². The smallest absolute Gasteiger partial charge is 0.278 e. The molecule has 1 aromatic carbocycles. The van der Waals surface area contributed by atoms with E-state index < -0.39 is 12.0 Å². The fourth-order valence-corrected chi connectivity index (χ4v) is 1.46. The summed E-state index contributed by atoms with van der Waals surface area (Å²) in [5, 5.41) is 0. The molecular formula is C11H15F2NO. The third-order valence-corrected chi connectivity index (χ3v) is 2.08. The number of hydrogen-bond acceptors (Lipinski definition) is 2. The standard InChI is InChI=1S/C11H15F2NO/c1-8(14)7-11(12,13)9-5-3-4-6-10(9)15-2/h3-6,8H,7,14H2,1-2H3. The van der Waals surface area contributed by atoms with Crippen molar-refractivity contribution < 1.29 is 13.5 Å². The summed E-state index contributed by atoms with van der Waals surface area (Å²) >= 11 is 0. The summed E-state index contributed by atoms with van der Waals surface area (Å²) in [5.74, 6) is -2.75. The van der Waals surface area contributed by atoms with Crippen LogP contribution < -0.4 is 10.5 Å². The molecule has 0 fully saturated rings. The van der Waals surface area contributed by atoms with E-state index in [1.807, 2.05) is 0 Å². The van der Waals surface area contributed by atoms with E-state index in [0.29, 0.717) is 0 Å². The Balaban J connectivity index is 3.02. The fourth-order valence-electron chi connectivity index (χ4n) is 1.46. The average Bonchev–Trinajstić information content (AvgIpc) is 2.16. The molecule has 0 amide bonds. The maximum Gasteiger partial charge on any atom is 0.278 e. The average molecular weight is 215 g/mol. The Bertz CT molecular complexity index is 326. The minimum Gasteiger partial charge on any atom is -0.496 e. The first-order chi connectivity index (χ1) is 6.97. The van der Waals surface area contributed by atoms with Crippen molar-refractivity contribution in [1.82, 2.24) is 0 Å². The second-order valence-electron chi connectivity index (χ2n) is 3.59. The van der Waals surface area contributed by atoms with Crippen LogP contribution in [0.5, 0.6) is 5.75 Å². The van der Waals surface area contributed by atoms with E-state index in [9.17, 15) is 8.78 Å². The van der Waals surface area contributed by atoms with E-state index in [1.54, 1.807) is 19.1 Å². The Kier molecular flexibility index (Phi) is 3.63. The zero-order valence-corrected chi connectivity index (χ0v) is 8.84. The van der Waals surface area contributed by atoms with Crippen molar-refractivity contribution in [2.24, 2.45) is 5.73 Å². The van der Waals surface area contributed by atoms with Gasteiger partial charge < -0.3 is 10.5 Å². The van der Waals surface area contributed by atoms with Crippen LogP contribution in [-0.2, 0) is 5.92 Å². The lowest BCUT2D eigenvalue weighted by Crippen LogP contribution is -2.26. The van der Waals surface area contributed by atoms with Crippen molar-refractivity contribution in [3.8, 4) is 5.75 Å². The number of ether oxygens (including phenoxy) is 1. The van der Waals surface area contributed by atoms with Crippen molar-refractivity contribution in [3.63, 3.8) is 0 Å². The zero-order valence-electron chi connectivity index (χ0n) is 8.84. The van der Waals surface area contributed by atoms with Crippen molar-refractivity contribution in [2.45, 2.75) is 25.3 Å². The molecule has 2 N–H and O–H groups in total. The molecule has 84 valence electrons. The van der Waals surface area contributed by atoms with Crippen LogP contribution >= 0.6 is 0 Å². The summed E-state index contributed by atoms with van der Waals surface area (Å²) in [6.07, 6.45) is -0.382. The summed E-state index contributed by atoms with van der Waals surface area (Å²) in [6.45, 7) is 1.56. The van der Waals surface area contributed by atoms with E-state index in [0.717, 1.165) is 0 Å². The van der Waals surface area contributed by atoms with Gasteiger partial charge in [0, 0.05) is 12.5 Å². The summed E-state index contributed by atoms with van der Waals surface area (Å²) in [7, 11) is 1.38. The summed E-state index contributed by atoms with van der Waals surface area (Å²) in [4.78, 5) is 0. The monoisotopic (exact) mass is 215 g/mol. The first-order valence-corrected chi connectivity index (χ1v) is 4.74. The van der Waals surface area contributed by atoms with Gasteiger partial charge in [-0.15, -0.1) is 0 Å². The van der Waals surface area contributed by atoms with Gasteiger partial charge in [-0.05, 0) is 19.1 Å². The summed E-state index contributed by atoms with van der Waals surface area (Å²) < 4.78 is 32.3. The van der Waals surface area contributed by atoms with Gasteiger partial charge in [0.15, 0.2) is 0 Å². The predicted octanol–water partition coefficient (Wildman–Crippen LogP) is 2.52. The highest BCUT2D eigenvalue weighted by Gasteiger charge is 2.35. The van der Waals surface area contributed by atoms with Crippen LogP contribution in [0.4, 0.5) is 8.78 Å². The minimum absolute atomic E-state index is 0.107. The van der Waals surface area contributed by atoms with E-state index in [4.69, 9.17) is 10.5 Å². The van der Waals surface area contributed by atoms with Gasteiger partial charge in [0.2, 0.25) is 0 Å². The van der Waals surface area contributed by atoms with Gasteiger partial charge in [-0.2, -0.15) is 0 Å². The number of nitrogens with two attached hydrogens (primary N) is 1. The molecule has 1 unspecified atom stereocenters. The zero-order chi connectivity index (χ0) is 11.5. The summed E-state index contributed by atoms with van der Waals surface area (Å²) in [5.41, 5.74) is 5.28. The molecule has 0 aliphatic carbocycles. The van der Waals surface area contributed by atoms with Gasteiger partial charge in [0.25, 0.3) is 5.92 Å². The van der Waals surface area contributed by atoms with Crippen molar-refractivity contribution in [1.29, 1.82) is 0 Å². The topological polar surface area (TPSA) is 35.2 Å². The highest BCUT2D eigenvalue weighted by Crippen LogP contribution is 2.37. The molecule has 0 radical (unpaired) electrons. The Morgan fingerprint density at radius 2 is 2.00 bits per heavy atom. The quantitative estimate of drug-likeness (QED) is 0.837. The van der Waals surface area contributed by atoms with E-state index in [1.165, 1.54) is 19.2 Å². The molecule has 0 bridgehead atoms. The van der Waals surface area contributed by atoms with Gasteiger partial charge >= 0.3 is 0 Å². The van der Waals surface area contributed by atoms with Crippen LogP contribution in [-0.4, -0.2) is 13.2 Å². The second kappa shape index (κ2) is 4.57. The molecule has 15 heavy (non-hydrogen) atoms. The molecule has 4 heteroatoms. The molecule has 1 aromatic rings. The van der Waals surface area contributed by atoms with Gasteiger partial charge in [-0.25, -0.2) is 8.78 Å². The Hall–Kier alpha value is -1.16. The van der Waals surface area contributed by atoms with Crippen LogP contribution in [0.2, 0.25) is 0 Å². The van der Waals surface area contributed by atoms with Crippen molar-refractivity contribution in [2.75, 3.05) is 7.11 Å². The lowest BCUT2D eigenvalue weighted by Gasteiger charge is -2.20. The van der Waals surface area contributed by atoms with Crippen molar-refractivity contribution in [3.05, 3.63) is 29.8 Å². The Morgan fingerprint density at radius 1 is 1.40 bits per heavy atom. The van der Waals surface area contributed by atoms with E-state index in [-0.39, 0.29) is 17.7 Å². The normalized spacial score (nSPS) is 13.7. The number of hydrogen-bond donors (Lipinski definition) is 1. The highest BCUT2D eigenvalue weighted by atomic mass is 19.3. The molecule has 1 rings (SSSR count). The number of alkyl halides is 2. The molecular weight excluding hydrogens is 200 g/mol. The van der Waals surface area contributed by atoms with Crippen LogP contribution in [0.15, 0.2) is 24.3 Å². The first-order valence-electron chi connectivity index (χ1n) is 4.74. The van der Waals surface area contributed by atoms with Gasteiger partial charge in [0.05, 0.1) is 12.7 Å². The molecule has 2 nitrogen and oxygen atoms in total. The van der Waals surface area contributed by atoms with Crippen LogP contribution in [0.1, 0.15) is 18.9 Å². The van der Waals surface area contributed by atoms with Gasteiger partial charge in [-0.1, -0.05) is 12.1 Å². The predicted molar refractivity (Wildman–Crippen MR) is 55.2 cm³/mol. The third kappa shape index (κ3) is 2.89. The van der Waals surface area contributed by atoms with Gasteiger partial charge in [-0.3, -0.25) is 0 Å². The molecule has 0 aliphatic heterocycles. The van der Waals surface area contributed by atoms with Crippen LogP contribution in [0, 0.1) is 0 Å². The van der Waals surface area contributed by atoms with E-state index >= 15 is 0 Å². The van der Waals surface area contributed by atoms with Crippen LogP contribution in [0.25, 0.3) is 0 Å². The maximum atomic E-state index is 13.7. The molecule has 1 atom stereocenters. The lowest BCUT2D eigenvalue weighted by atomic mass is 10.0. The Morgan fingerprint density at radius 3 is 2.53 bits per heavy atom. The number of benzene rings is 1. The first kappa shape index (κ1) is 11.9. The Labute approximate surface area is 88.0 Å². The molecule has 0 heterocycles. The fraction of sp³-hybridized carbons (Fsp3) is 0.455. The maximum absolute atomic E-state index is 13.7. The molecule has 0 aromatic heterocycles. The van der Waals surface area contributed by atoms with Crippen LogP contribution in [0.3, 0.4) is 0 Å². The number of methoxy groups -OCH3 is 1. The lowest BCUT2D eigenvalue weighted by molar-refractivity contribution is -0.0200. The molecule has 0 aliphatic rings. The minimum atomic E-state index is -2.94. The summed E-state index contributed by atoms with van der Waals surface area (Å²) in [6, 6.07) is 5.55. The SMILES string of the molecule is COc1ccccc1C(F)(F)CC(C)N. The second-order valence-corrected chi connectivity index (χ2v) is 3.59.